The maximum absolute atomic E-state index is 13.7. The van der Waals surface area contributed by atoms with E-state index in [-0.39, 0.29) is 11.6 Å². The van der Waals surface area contributed by atoms with Gasteiger partial charge in [-0.15, -0.1) is 0 Å². The minimum atomic E-state index is -0.498. The summed E-state index contributed by atoms with van der Waals surface area (Å²) in [4.78, 5) is 9.35. The van der Waals surface area contributed by atoms with Crippen molar-refractivity contribution in [3.8, 4) is 11.3 Å². The summed E-state index contributed by atoms with van der Waals surface area (Å²) in [5, 5.41) is 0. The molecule has 114 valence electrons. The third kappa shape index (κ3) is 4.56. The Hall–Kier alpha value is -2.95. The van der Waals surface area contributed by atoms with Crippen molar-refractivity contribution in [1.29, 1.82) is 0 Å². The van der Waals surface area contributed by atoms with Crippen molar-refractivity contribution in [2.24, 2.45) is 0 Å². The smallest absolute Gasteiger partial charge is 0.220 e. The van der Waals surface area contributed by atoms with Gasteiger partial charge in [-0.3, -0.25) is 0 Å². The third-order valence-electron chi connectivity index (χ3n) is 2.73. The van der Waals surface area contributed by atoms with Crippen LogP contribution in [0.3, 0.4) is 0 Å². The van der Waals surface area contributed by atoms with Crippen molar-refractivity contribution >= 4 is 11.6 Å². The summed E-state index contributed by atoms with van der Waals surface area (Å²) in [5.41, 5.74) is 7.20. The van der Waals surface area contributed by atoms with Gasteiger partial charge in [0.25, 0.3) is 0 Å². The topological polar surface area (TPSA) is 55.0 Å². The van der Waals surface area contributed by atoms with Gasteiger partial charge in [0.2, 0.25) is 5.95 Å². The van der Waals surface area contributed by atoms with Gasteiger partial charge in [0.05, 0.1) is 6.20 Å². The van der Waals surface area contributed by atoms with Gasteiger partial charge in [0.15, 0.2) is 5.82 Å². The number of nitrogen functional groups attached to an aromatic ring is 1. The molecule has 0 atom stereocenters. The number of rotatable bonds is 4. The summed E-state index contributed by atoms with van der Waals surface area (Å²) in [6.07, 6.45) is 6.02. The van der Waals surface area contributed by atoms with E-state index < -0.39 is 5.82 Å². The van der Waals surface area contributed by atoms with E-state index in [0.717, 1.165) is 11.9 Å². The lowest BCUT2D eigenvalue weighted by Crippen LogP contribution is -2.07. The highest BCUT2D eigenvalue weighted by Gasteiger charge is 2.09. The normalized spacial score (nSPS) is 9.18. The van der Waals surface area contributed by atoms with Crippen molar-refractivity contribution in [2.45, 2.75) is 0 Å². The second-order valence-corrected chi connectivity index (χ2v) is 4.24. The fourth-order valence-electron chi connectivity index (χ4n) is 1.56. The molecule has 4 nitrogen and oxygen atoms in total. The van der Waals surface area contributed by atoms with Gasteiger partial charge in [-0.25, -0.2) is 14.4 Å². The van der Waals surface area contributed by atoms with Gasteiger partial charge >= 0.3 is 0 Å². The molecule has 1 aromatic carbocycles. The van der Waals surface area contributed by atoms with Gasteiger partial charge in [0, 0.05) is 18.3 Å². The molecule has 0 aliphatic carbocycles. The summed E-state index contributed by atoms with van der Waals surface area (Å²) < 4.78 is 13.7. The minimum absolute atomic E-state index is 0.0499. The van der Waals surface area contributed by atoms with Gasteiger partial charge in [-0.05, 0) is 18.3 Å². The molecule has 0 unspecified atom stereocenters. The molecule has 0 bridgehead atoms. The molecule has 0 radical (unpaired) electrons. The Balaban J connectivity index is 0.000000541. The minimum Gasteiger partial charge on any atom is -0.368 e. The first-order valence-corrected chi connectivity index (χ1v) is 6.50. The lowest BCUT2D eigenvalue weighted by atomic mass is 10.1. The monoisotopic (exact) mass is 298 g/mol. The van der Waals surface area contributed by atoms with Crippen LogP contribution in [-0.4, -0.2) is 17.0 Å². The Morgan fingerprint density at radius 1 is 1.23 bits per heavy atom. The number of hydrogen-bond acceptors (Lipinski definition) is 4. The van der Waals surface area contributed by atoms with Crippen LogP contribution in [0.4, 0.5) is 16.0 Å². The van der Waals surface area contributed by atoms with Gasteiger partial charge < -0.3 is 10.6 Å². The lowest BCUT2D eigenvalue weighted by Gasteiger charge is -2.14. The number of hydrogen-bond donors (Lipinski definition) is 1. The predicted molar refractivity (Wildman–Crippen MR) is 90.8 cm³/mol. The number of nitrogens with zero attached hydrogens (tertiary/aromatic N) is 3. The summed E-state index contributed by atoms with van der Waals surface area (Å²) in [6.45, 7) is 10.4. The molecule has 0 saturated heterocycles. The van der Waals surface area contributed by atoms with Crippen LogP contribution in [0.5, 0.6) is 0 Å². The first kappa shape index (κ1) is 17.1. The number of aromatic nitrogens is 2. The standard InChI is InChI=1S/C13H13FN4.C4H6/c1-3-18(2)10-6-4-5-9(7-10)12-11(14)8-16-13(15)17-12;1-3-4-2/h3-8H,1H2,2H3,(H2,15,16,17);3-4H,1-2H2. The molecule has 5 heteroatoms. The molecule has 0 spiro atoms. The van der Waals surface area contributed by atoms with E-state index in [2.05, 4.69) is 29.7 Å². The summed E-state index contributed by atoms with van der Waals surface area (Å²) in [6, 6.07) is 7.30. The van der Waals surface area contributed by atoms with E-state index in [1.54, 1.807) is 24.4 Å². The zero-order chi connectivity index (χ0) is 16.5. The number of nitrogens with two attached hydrogens (primary N) is 1. The highest BCUT2D eigenvalue weighted by atomic mass is 19.1. The molecule has 0 fully saturated rings. The summed E-state index contributed by atoms with van der Waals surface area (Å²) >= 11 is 0. The van der Waals surface area contributed by atoms with E-state index in [1.807, 2.05) is 30.1 Å². The van der Waals surface area contributed by atoms with E-state index in [0.29, 0.717) is 5.56 Å². The van der Waals surface area contributed by atoms with Crippen molar-refractivity contribution in [3.05, 3.63) is 74.4 Å². The Kier molecular flexibility index (Phi) is 6.50. The zero-order valence-electron chi connectivity index (χ0n) is 12.5. The van der Waals surface area contributed by atoms with Crippen molar-refractivity contribution < 1.29 is 4.39 Å². The van der Waals surface area contributed by atoms with Crippen LogP contribution in [0.25, 0.3) is 11.3 Å². The number of benzene rings is 1. The van der Waals surface area contributed by atoms with Crippen LogP contribution in [-0.2, 0) is 0 Å². The molecule has 0 saturated carbocycles. The number of anilines is 2. The molecule has 2 rings (SSSR count). The van der Waals surface area contributed by atoms with Crippen molar-refractivity contribution in [3.63, 3.8) is 0 Å². The first-order chi connectivity index (χ1) is 10.5. The fourth-order valence-corrected chi connectivity index (χ4v) is 1.56. The SMILES string of the molecule is C=CC=C.C=CN(C)c1cccc(-c2nc(N)ncc2F)c1. The Morgan fingerprint density at radius 2 is 1.91 bits per heavy atom. The highest BCUT2D eigenvalue weighted by Crippen LogP contribution is 2.25. The molecule has 0 aliphatic heterocycles. The highest BCUT2D eigenvalue weighted by molar-refractivity contribution is 5.66. The average Bonchev–Trinajstić information content (AvgIpc) is 2.56. The third-order valence-corrected chi connectivity index (χ3v) is 2.73. The Labute approximate surface area is 130 Å². The number of halogens is 1. The Bertz CT molecular complexity index is 661. The number of allylic oxidation sites excluding steroid dienone is 2. The van der Waals surface area contributed by atoms with Gasteiger partial charge in [-0.2, -0.15) is 0 Å². The van der Waals surface area contributed by atoms with E-state index in [1.165, 1.54) is 0 Å². The first-order valence-electron chi connectivity index (χ1n) is 6.50. The second kappa shape index (κ2) is 8.36. The zero-order valence-corrected chi connectivity index (χ0v) is 12.5. The molecule has 2 N–H and O–H groups in total. The van der Waals surface area contributed by atoms with Crippen LogP contribution < -0.4 is 10.6 Å². The maximum atomic E-state index is 13.7. The van der Waals surface area contributed by atoms with Crippen LogP contribution in [0.2, 0.25) is 0 Å². The molecule has 22 heavy (non-hydrogen) atoms. The summed E-state index contributed by atoms with van der Waals surface area (Å²) in [7, 11) is 1.86. The van der Waals surface area contributed by atoms with Crippen molar-refractivity contribution in [2.75, 3.05) is 17.7 Å². The molecule has 1 aromatic heterocycles. The maximum Gasteiger partial charge on any atom is 0.220 e. The molecular formula is C17H19FN4. The van der Waals surface area contributed by atoms with Crippen molar-refractivity contribution in [1.82, 2.24) is 9.97 Å². The van der Waals surface area contributed by atoms with Crippen LogP contribution in [0, 0.1) is 5.82 Å². The lowest BCUT2D eigenvalue weighted by molar-refractivity contribution is 0.619. The second-order valence-electron chi connectivity index (χ2n) is 4.24. The van der Waals surface area contributed by atoms with E-state index in [4.69, 9.17) is 5.73 Å². The van der Waals surface area contributed by atoms with Crippen LogP contribution >= 0.6 is 0 Å². The summed E-state index contributed by atoms with van der Waals surface area (Å²) in [5.74, 6) is -0.448. The van der Waals surface area contributed by atoms with E-state index >= 15 is 0 Å². The van der Waals surface area contributed by atoms with Gasteiger partial charge in [0.1, 0.15) is 5.69 Å². The molecule has 1 heterocycles. The quantitative estimate of drug-likeness (QED) is 0.872. The van der Waals surface area contributed by atoms with Gasteiger partial charge in [-0.1, -0.05) is 44.0 Å². The molecule has 2 aromatic rings. The fraction of sp³-hybridized carbons (Fsp3) is 0.0588. The van der Waals surface area contributed by atoms with Crippen LogP contribution in [0.1, 0.15) is 0 Å². The van der Waals surface area contributed by atoms with E-state index in [9.17, 15) is 4.39 Å². The molecule has 0 aliphatic rings. The van der Waals surface area contributed by atoms with Crippen LogP contribution in [0.15, 0.2) is 68.6 Å². The molecule has 0 amide bonds. The largest absolute Gasteiger partial charge is 0.368 e. The Morgan fingerprint density at radius 3 is 2.50 bits per heavy atom. The molecular weight excluding hydrogens is 279 g/mol. The predicted octanol–water partition coefficient (Wildman–Crippen LogP) is 3.80. The average molecular weight is 298 g/mol.